The van der Waals surface area contributed by atoms with E-state index in [0.717, 1.165) is 18.4 Å². The number of hydrogen-bond donors (Lipinski definition) is 1. The second-order valence-corrected chi connectivity index (χ2v) is 4.07. The van der Waals surface area contributed by atoms with Gasteiger partial charge < -0.3 is 5.73 Å². The fraction of sp³-hybridized carbons (Fsp3) is 0.462. The van der Waals surface area contributed by atoms with Gasteiger partial charge in [0.25, 0.3) is 0 Å². The first-order valence-electron chi connectivity index (χ1n) is 5.62. The van der Waals surface area contributed by atoms with E-state index in [0.29, 0.717) is 12.0 Å². The lowest BCUT2D eigenvalue weighted by Crippen LogP contribution is -2.31. The lowest BCUT2D eigenvalue weighted by Gasteiger charge is -2.11. The first-order valence-corrected chi connectivity index (χ1v) is 5.62. The summed E-state index contributed by atoms with van der Waals surface area (Å²) in [6.07, 6.45) is 2.58. The maximum Gasteiger partial charge on any atom is 0.179 e. The Morgan fingerprint density at radius 3 is 2.81 bits per heavy atom. The van der Waals surface area contributed by atoms with Gasteiger partial charge in [0.05, 0.1) is 6.04 Å². The number of rotatable bonds is 5. The van der Waals surface area contributed by atoms with Crippen LogP contribution in [0.3, 0.4) is 0 Å². The van der Waals surface area contributed by atoms with Gasteiger partial charge in [-0.3, -0.25) is 4.79 Å². The third-order valence-electron chi connectivity index (χ3n) is 2.67. The molecule has 0 radical (unpaired) electrons. The lowest BCUT2D eigenvalue weighted by atomic mass is 9.97. The van der Waals surface area contributed by atoms with Gasteiger partial charge in [-0.05, 0) is 31.0 Å². The molecule has 88 valence electrons. The molecule has 0 aliphatic heterocycles. The number of aryl methyl sites for hydroxylation is 1. The van der Waals surface area contributed by atoms with Gasteiger partial charge in [-0.2, -0.15) is 0 Å². The minimum Gasteiger partial charge on any atom is -0.321 e. The number of Topliss-reactive ketones (excluding diaryl/α,β-unsaturated/α-hetero) is 1. The van der Waals surface area contributed by atoms with Crippen molar-refractivity contribution >= 4 is 5.78 Å². The topological polar surface area (TPSA) is 43.1 Å². The van der Waals surface area contributed by atoms with Crippen molar-refractivity contribution in [2.24, 2.45) is 5.73 Å². The molecular formula is C13H18FNO. The molecule has 0 amide bonds. The van der Waals surface area contributed by atoms with Crippen molar-refractivity contribution in [3.8, 4) is 0 Å². The molecule has 0 aliphatic carbocycles. The zero-order valence-electron chi connectivity index (χ0n) is 9.79. The first kappa shape index (κ1) is 12.8. The number of nitrogens with two attached hydrogens (primary N) is 1. The second kappa shape index (κ2) is 5.75. The van der Waals surface area contributed by atoms with Crippen molar-refractivity contribution in [2.75, 3.05) is 0 Å². The maximum absolute atomic E-state index is 13.0. The molecule has 16 heavy (non-hydrogen) atoms. The molecule has 0 bridgehead atoms. The average Bonchev–Trinajstić information content (AvgIpc) is 2.28. The van der Waals surface area contributed by atoms with Gasteiger partial charge >= 0.3 is 0 Å². The fourth-order valence-corrected chi connectivity index (χ4v) is 1.61. The van der Waals surface area contributed by atoms with Gasteiger partial charge in [0.15, 0.2) is 5.78 Å². The van der Waals surface area contributed by atoms with E-state index in [-0.39, 0.29) is 5.78 Å². The number of ketones is 1. The van der Waals surface area contributed by atoms with E-state index in [1.54, 1.807) is 13.0 Å². The number of carbonyl (C=O) groups excluding carboxylic acids is 1. The molecular weight excluding hydrogens is 205 g/mol. The molecule has 2 N–H and O–H groups in total. The Hall–Kier alpha value is -1.22. The molecule has 0 saturated heterocycles. The predicted molar refractivity (Wildman–Crippen MR) is 63.0 cm³/mol. The van der Waals surface area contributed by atoms with E-state index in [4.69, 9.17) is 5.73 Å². The molecule has 3 heteroatoms. The minimum absolute atomic E-state index is 0.162. The van der Waals surface area contributed by atoms with E-state index in [1.807, 2.05) is 6.92 Å². The molecule has 1 rings (SSSR count). The van der Waals surface area contributed by atoms with Crippen LogP contribution in [0.4, 0.5) is 4.39 Å². The van der Waals surface area contributed by atoms with Crippen LogP contribution in [0.2, 0.25) is 0 Å². The Bertz CT molecular complexity index is 376. The van der Waals surface area contributed by atoms with E-state index in [2.05, 4.69) is 0 Å². The summed E-state index contributed by atoms with van der Waals surface area (Å²) in [5, 5.41) is 0. The third-order valence-corrected chi connectivity index (χ3v) is 2.67. The molecule has 0 aliphatic rings. The summed E-state index contributed by atoms with van der Waals surface area (Å²) in [6, 6.07) is 3.71. The van der Waals surface area contributed by atoms with Crippen LogP contribution in [0.15, 0.2) is 18.2 Å². The summed E-state index contributed by atoms with van der Waals surface area (Å²) in [5.74, 6) is -0.554. The standard InChI is InChI=1S/C13H18FNO/c1-3-4-5-12(15)13(16)11-8-10(14)7-6-9(11)2/h6-8,12H,3-5,15H2,1-2H3. The summed E-state index contributed by atoms with van der Waals surface area (Å²) in [4.78, 5) is 11.9. The summed E-state index contributed by atoms with van der Waals surface area (Å²) in [5.41, 5.74) is 6.96. The monoisotopic (exact) mass is 223 g/mol. The molecule has 0 saturated carbocycles. The highest BCUT2D eigenvalue weighted by molar-refractivity contribution is 6.01. The Balaban J connectivity index is 2.83. The van der Waals surface area contributed by atoms with Gasteiger partial charge in [-0.1, -0.05) is 25.8 Å². The molecule has 1 aromatic rings. The number of carbonyl (C=O) groups is 1. The van der Waals surface area contributed by atoms with Crippen LogP contribution in [0.1, 0.15) is 42.1 Å². The number of halogens is 1. The fourth-order valence-electron chi connectivity index (χ4n) is 1.61. The van der Waals surface area contributed by atoms with E-state index >= 15 is 0 Å². The molecule has 2 nitrogen and oxygen atoms in total. The van der Waals surface area contributed by atoms with E-state index in [9.17, 15) is 9.18 Å². The normalized spacial score (nSPS) is 12.5. The Morgan fingerprint density at radius 1 is 1.50 bits per heavy atom. The summed E-state index contributed by atoms with van der Waals surface area (Å²) in [7, 11) is 0. The molecule has 0 fully saturated rings. The van der Waals surface area contributed by atoms with Crippen LogP contribution in [-0.4, -0.2) is 11.8 Å². The Morgan fingerprint density at radius 2 is 2.19 bits per heavy atom. The number of hydrogen-bond acceptors (Lipinski definition) is 2. The van der Waals surface area contributed by atoms with Crippen LogP contribution >= 0.6 is 0 Å². The minimum atomic E-state index is -0.513. The highest BCUT2D eigenvalue weighted by Crippen LogP contribution is 2.14. The lowest BCUT2D eigenvalue weighted by molar-refractivity contribution is 0.0955. The smallest absolute Gasteiger partial charge is 0.179 e. The zero-order valence-corrected chi connectivity index (χ0v) is 9.79. The van der Waals surface area contributed by atoms with Crippen LogP contribution in [0, 0.1) is 12.7 Å². The summed E-state index contributed by atoms with van der Waals surface area (Å²) in [6.45, 7) is 3.84. The molecule has 0 spiro atoms. The van der Waals surface area contributed by atoms with Gasteiger partial charge in [-0.15, -0.1) is 0 Å². The van der Waals surface area contributed by atoms with Crippen molar-refractivity contribution in [3.05, 3.63) is 35.1 Å². The van der Waals surface area contributed by atoms with Gasteiger partial charge in [0.1, 0.15) is 5.82 Å². The van der Waals surface area contributed by atoms with Crippen molar-refractivity contribution < 1.29 is 9.18 Å². The van der Waals surface area contributed by atoms with Gasteiger partial charge in [0.2, 0.25) is 0 Å². The molecule has 1 unspecified atom stereocenters. The summed E-state index contributed by atoms with van der Waals surface area (Å²) >= 11 is 0. The highest BCUT2D eigenvalue weighted by atomic mass is 19.1. The maximum atomic E-state index is 13.0. The third kappa shape index (κ3) is 3.14. The van der Waals surface area contributed by atoms with Crippen LogP contribution in [0.5, 0.6) is 0 Å². The summed E-state index contributed by atoms with van der Waals surface area (Å²) < 4.78 is 13.0. The number of benzene rings is 1. The second-order valence-electron chi connectivity index (χ2n) is 4.07. The Kier molecular flexibility index (Phi) is 4.62. The molecule has 0 aromatic heterocycles. The van der Waals surface area contributed by atoms with Gasteiger partial charge in [0, 0.05) is 5.56 Å². The first-order chi connectivity index (χ1) is 7.56. The molecule has 1 aromatic carbocycles. The van der Waals surface area contributed by atoms with Crippen LogP contribution in [-0.2, 0) is 0 Å². The highest BCUT2D eigenvalue weighted by Gasteiger charge is 2.17. The van der Waals surface area contributed by atoms with Crippen molar-refractivity contribution in [1.82, 2.24) is 0 Å². The quantitative estimate of drug-likeness (QED) is 0.780. The predicted octanol–water partition coefficient (Wildman–Crippen LogP) is 2.83. The number of unbranched alkanes of at least 4 members (excludes halogenated alkanes) is 1. The van der Waals surface area contributed by atoms with Crippen molar-refractivity contribution in [2.45, 2.75) is 39.2 Å². The SMILES string of the molecule is CCCCC(N)C(=O)c1cc(F)ccc1C. The molecule has 1 atom stereocenters. The van der Waals surface area contributed by atoms with E-state index < -0.39 is 11.9 Å². The zero-order chi connectivity index (χ0) is 12.1. The van der Waals surface area contributed by atoms with Crippen molar-refractivity contribution in [3.63, 3.8) is 0 Å². The average molecular weight is 223 g/mol. The van der Waals surface area contributed by atoms with Crippen molar-refractivity contribution in [1.29, 1.82) is 0 Å². The van der Waals surface area contributed by atoms with Crippen LogP contribution in [0.25, 0.3) is 0 Å². The van der Waals surface area contributed by atoms with Crippen LogP contribution < -0.4 is 5.73 Å². The van der Waals surface area contributed by atoms with Gasteiger partial charge in [-0.25, -0.2) is 4.39 Å². The Labute approximate surface area is 95.7 Å². The van der Waals surface area contributed by atoms with E-state index in [1.165, 1.54) is 12.1 Å². The largest absolute Gasteiger partial charge is 0.321 e. The molecule has 0 heterocycles.